The highest BCUT2D eigenvalue weighted by atomic mass is 32.2. The van der Waals surface area contributed by atoms with Gasteiger partial charge < -0.3 is 0 Å². The summed E-state index contributed by atoms with van der Waals surface area (Å²) in [5.41, 5.74) is 6.82. The summed E-state index contributed by atoms with van der Waals surface area (Å²) in [5.74, 6) is -0.191. The van der Waals surface area contributed by atoms with Gasteiger partial charge in [-0.25, -0.2) is 4.68 Å². The van der Waals surface area contributed by atoms with E-state index in [2.05, 4.69) is 45.9 Å². The molecule has 1 aliphatic heterocycles. The fourth-order valence-corrected chi connectivity index (χ4v) is 4.95. The number of hydrogen-bond donors (Lipinski definition) is 1. The lowest BCUT2D eigenvalue weighted by molar-refractivity contribution is -0.115. The smallest absolute Gasteiger partial charge is 0.264 e. The molecule has 7 heteroatoms. The van der Waals surface area contributed by atoms with Crippen molar-refractivity contribution in [3.63, 3.8) is 0 Å². The number of benzene rings is 4. The summed E-state index contributed by atoms with van der Waals surface area (Å²) in [7, 11) is 0. The third-order valence-corrected chi connectivity index (χ3v) is 6.99. The summed E-state index contributed by atoms with van der Waals surface area (Å²) >= 11 is 1.27. The Morgan fingerprint density at radius 1 is 0.744 bits per heavy atom. The van der Waals surface area contributed by atoms with E-state index in [-0.39, 0.29) is 5.91 Å². The second-order valence-corrected chi connectivity index (χ2v) is 9.81. The van der Waals surface area contributed by atoms with Gasteiger partial charge in [-0.1, -0.05) is 103 Å². The molecule has 0 unspecified atom stereocenters. The number of hydrogen-bond acceptors (Lipinski definition) is 5. The van der Waals surface area contributed by atoms with Crippen LogP contribution in [0.1, 0.15) is 11.1 Å². The molecule has 0 spiro atoms. The van der Waals surface area contributed by atoms with Crippen LogP contribution in [0.2, 0.25) is 0 Å². The molecule has 0 bridgehead atoms. The molecule has 6 nitrogen and oxygen atoms in total. The van der Waals surface area contributed by atoms with Gasteiger partial charge in [0.25, 0.3) is 5.91 Å². The van der Waals surface area contributed by atoms with Crippen LogP contribution in [0, 0.1) is 0 Å². The van der Waals surface area contributed by atoms with Gasteiger partial charge in [0.05, 0.1) is 28.2 Å². The Morgan fingerprint density at radius 2 is 1.38 bits per heavy atom. The lowest BCUT2D eigenvalue weighted by atomic mass is 10.1. The van der Waals surface area contributed by atoms with Crippen LogP contribution in [0.3, 0.4) is 0 Å². The molecule has 6 rings (SSSR count). The molecule has 1 aromatic heterocycles. The minimum Gasteiger partial charge on any atom is -0.299 e. The van der Waals surface area contributed by atoms with E-state index in [0.717, 1.165) is 39.3 Å². The van der Waals surface area contributed by atoms with E-state index < -0.39 is 0 Å². The van der Waals surface area contributed by atoms with Crippen molar-refractivity contribution >= 4 is 35.1 Å². The summed E-state index contributed by atoms with van der Waals surface area (Å²) in [6.45, 7) is 0. The van der Waals surface area contributed by atoms with Gasteiger partial charge >= 0.3 is 0 Å². The van der Waals surface area contributed by atoms with Gasteiger partial charge in [0.15, 0.2) is 5.17 Å². The first-order chi connectivity index (χ1) is 19.2. The number of carbonyl (C=O) groups is 1. The van der Waals surface area contributed by atoms with E-state index >= 15 is 0 Å². The van der Waals surface area contributed by atoms with Crippen LogP contribution in [0.15, 0.2) is 136 Å². The highest BCUT2D eigenvalue weighted by molar-refractivity contribution is 8.18. The Kier molecular flexibility index (Phi) is 6.97. The van der Waals surface area contributed by atoms with Crippen molar-refractivity contribution in [1.82, 2.24) is 15.1 Å². The average Bonchev–Trinajstić information content (AvgIpc) is 3.59. The highest BCUT2D eigenvalue weighted by Crippen LogP contribution is 2.30. The normalized spacial score (nSPS) is 15.3. The van der Waals surface area contributed by atoms with Crippen molar-refractivity contribution in [2.75, 3.05) is 0 Å². The van der Waals surface area contributed by atoms with Crippen LogP contribution < -0.4 is 5.32 Å². The Morgan fingerprint density at radius 3 is 2.08 bits per heavy atom. The summed E-state index contributed by atoms with van der Waals surface area (Å²) in [5, 5.41) is 16.4. The molecule has 0 atom stereocenters. The molecular weight excluding hydrogens is 502 g/mol. The summed E-state index contributed by atoms with van der Waals surface area (Å²) in [6.07, 6.45) is 3.51. The number of nitrogens with zero attached hydrogens (tertiary/aromatic N) is 4. The largest absolute Gasteiger partial charge is 0.299 e. The molecule has 188 valence electrons. The maximum atomic E-state index is 12.5. The van der Waals surface area contributed by atoms with Gasteiger partial charge in [0, 0.05) is 11.1 Å². The third kappa shape index (κ3) is 5.63. The monoisotopic (exact) mass is 525 g/mol. The number of amidine groups is 1. The number of thioether (sulfide) groups is 1. The van der Waals surface area contributed by atoms with Gasteiger partial charge in [0.2, 0.25) is 0 Å². The van der Waals surface area contributed by atoms with Gasteiger partial charge in [-0.3, -0.25) is 10.1 Å². The molecule has 0 radical (unpaired) electrons. The molecule has 1 N–H and O–H groups in total. The zero-order valence-electron chi connectivity index (χ0n) is 20.8. The summed E-state index contributed by atoms with van der Waals surface area (Å²) in [4.78, 5) is 13.1. The predicted molar refractivity (Wildman–Crippen MR) is 160 cm³/mol. The van der Waals surface area contributed by atoms with Crippen molar-refractivity contribution in [1.29, 1.82) is 0 Å². The van der Waals surface area contributed by atoms with E-state index in [1.807, 2.05) is 102 Å². The number of nitrogens with one attached hydrogen (secondary N) is 1. The molecule has 1 fully saturated rings. The molecule has 0 saturated carbocycles. The number of amides is 1. The first-order valence-corrected chi connectivity index (χ1v) is 13.2. The SMILES string of the molecule is O=C1N/C(=N\N=C\c2ccccc2)S/C1=C/c1ccc(-n2nc(-c3ccccc3)cc2-c2ccccc2)cc1. The average molecular weight is 526 g/mol. The molecule has 5 aromatic rings. The van der Waals surface area contributed by atoms with E-state index in [4.69, 9.17) is 5.10 Å². The maximum Gasteiger partial charge on any atom is 0.264 e. The Labute approximate surface area is 230 Å². The van der Waals surface area contributed by atoms with Crippen molar-refractivity contribution in [2.45, 2.75) is 0 Å². The Hall–Kier alpha value is -5.01. The van der Waals surface area contributed by atoms with E-state index in [1.54, 1.807) is 6.21 Å². The van der Waals surface area contributed by atoms with Crippen LogP contribution in [-0.4, -0.2) is 27.1 Å². The molecule has 39 heavy (non-hydrogen) atoms. The van der Waals surface area contributed by atoms with Crippen molar-refractivity contribution in [3.8, 4) is 28.2 Å². The molecule has 1 saturated heterocycles. The summed E-state index contributed by atoms with van der Waals surface area (Å²) in [6, 6.07) is 40.2. The second-order valence-electron chi connectivity index (χ2n) is 8.78. The number of aromatic nitrogens is 2. The Bertz CT molecular complexity index is 1690. The fraction of sp³-hybridized carbons (Fsp3) is 0. The van der Waals surface area contributed by atoms with Gasteiger partial charge in [0.1, 0.15) is 0 Å². The van der Waals surface area contributed by atoms with Crippen molar-refractivity contribution in [2.24, 2.45) is 10.2 Å². The topological polar surface area (TPSA) is 71.6 Å². The van der Waals surface area contributed by atoms with Gasteiger partial charge in [-0.2, -0.15) is 10.2 Å². The quantitative estimate of drug-likeness (QED) is 0.151. The van der Waals surface area contributed by atoms with E-state index in [1.165, 1.54) is 11.8 Å². The van der Waals surface area contributed by atoms with Gasteiger partial charge in [-0.15, -0.1) is 5.10 Å². The maximum absolute atomic E-state index is 12.5. The first kappa shape index (κ1) is 24.3. The van der Waals surface area contributed by atoms with E-state index in [9.17, 15) is 4.79 Å². The molecule has 2 heterocycles. The second kappa shape index (κ2) is 11.2. The zero-order valence-corrected chi connectivity index (χ0v) is 21.6. The van der Waals surface area contributed by atoms with Crippen molar-refractivity contribution in [3.05, 3.63) is 137 Å². The van der Waals surface area contributed by atoms with Crippen LogP contribution in [0.25, 0.3) is 34.3 Å². The zero-order chi connectivity index (χ0) is 26.4. The third-order valence-electron chi connectivity index (χ3n) is 6.09. The standard InChI is InChI=1S/C32H23N5OS/c38-31-30(39-32(34-31)35-33-22-24-10-4-1-5-11-24)20-23-16-18-27(19-17-23)37-29(26-14-8-3-9-15-26)21-28(36-37)25-12-6-2-7-13-25/h1-22H,(H,34,35,38)/b30-20+,33-22+. The van der Waals surface area contributed by atoms with E-state index in [0.29, 0.717) is 10.1 Å². The predicted octanol–water partition coefficient (Wildman–Crippen LogP) is 6.80. The molecule has 1 amide bonds. The minimum absolute atomic E-state index is 0.191. The molecule has 4 aromatic carbocycles. The fourth-order valence-electron chi connectivity index (χ4n) is 4.17. The van der Waals surface area contributed by atoms with Crippen LogP contribution in [0.4, 0.5) is 0 Å². The number of carbonyl (C=O) groups excluding carboxylic acids is 1. The highest BCUT2D eigenvalue weighted by Gasteiger charge is 2.24. The Balaban J connectivity index is 1.25. The van der Waals surface area contributed by atoms with Gasteiger partial charge in [-0.05, 0) is 47.2 Å². The summed E-state index contributed by atoms with van der Waals surface area (Å²) < 4.78 is 1.96. The van der Waals surface area contributed by atoms with Crippen LogP contribution in [-0.2, 0) is 4.79 Å². The molecule has 0 aliphatic carbocycles. The first-order valence-electron chi connectivity index (χ1n) is 12.4. The van der Waals surface area contributed by atoms with Crippen LogP contribution in [0.5, 0.6) is 0 Å². The minimum atomic E-state index is -0.191. The molecule has 1 aliphatic rings. The molecular formula is C32H23N5OS. The van der Waals surface area contributed by atoms with Crippen LogP contribution >= 0.6 is 11.8 Å². The lowest BCUT2D eigenvalue weighted by Gasteiger charge is -2.08. The van der Waals surface area contributed by atoms with Crippen molar-refractivity contribution < 1.29 is 4.79 Å². The lowest BCUT2D eigenvalue weighted by Crippen LogP contribution is -2.19. The number of rotatable bonds is 6.